The number of aromatic nitrogens is 4. The second-order valence-electron chi connectivity index (χ2n) is 6.45. The van der Waals surface area contributed by atoms with E-state index in [4.69, 9.17) is 16.2 Å². The molecule has 3 heterocycles. The molecule has 4 aromatic rings. The van der Waals surface area contributed by atoms with Crippen molar-refractivity contribution in [3.63, 3.8) is 0 Å². The molecule has 9 heteroatoms. The van der Waals surface area contributed by atoms with E-state index in [9.17, 15) is 8.78 Å². The van der Waals surface area contributed by atoms with E-state index >= 15 is 0 Å². The second kappa shape index (κ2) is 7.34. The first-order valence-corrected chi connectivity index (χ1v) is 8.86. The van der Waals surface area contributed by atoms with Gasteiger partial charge in [-0.2, -0.15) is 0 Å². The molecule has 1 aromatic carbocycles. The van der Waals surface area contributed by atoms with Crippen molar-refractivity contribution in [1.29, 1.82) is 0 Å². The Bertz CT molecular complexity index is 1170. The number of halogens is 2. The van der Waals surface area contributed by atoms with Crippen molar-refractivity contribution in [3.05, 3.63) is 59.9 Å². The highest BCUT2D eigenvalue weighted by Crippen LogP contribution is 2.25. The maximum Gasteiger partial charge on any atom is 0.190 e. The smallest absolute Gasteiger partial charge is 0.190 e. The van der Waals surface area contributed by atoms with Crippen LogP contribution in [0.3, 0.4) is 0 Å². The molecule has 0 fully saturated rings. The zero-order valence-corrected chi connectivity index (χ0v) is 15.6. The quantitative estimate of drug-likeness (QED) is 0.536. The van der Waals surface area contributed by atoms with E-state index in [1.54, 1.807) is 12.1 Å². The molecule has 0 spiro atoms. The summed E-state index contributed by atoms with van der Waals surface area (Å²) in [5.41, 5.74) is 14.2. The Morgan fingerprint density at radius 3 is 2.34 bits per heavy atom. The first-order valence-electron chi connectivity index (χ1n) is 8.86. The summed E-state index contributed by atoms with van der Waals surface area (Å²) in [6.45, 7) is 2.19. The number of hydrogen-bond acceptors (Lipinski definition) is 6. The molecule has 0 bridgehead atoms. The summed E-state index contributed by atoms with van der Waals surface area (Å²) >= 11 is 0. The zero-order chi connectivity index (χ0) is 20.5. The number of aryl methyl sites for hydroxylation is 1. The predicted molar refractivity (Wildman–Crippen MR) is 106 cm³/mol. The minimum Gasteiger partial charge on any atom is -0.486 e. The molecule has 0 saturated heterocycles. The molecule has 7 nitrogen and oxygen atoms in total. The van der Waals surface area contributed by atoms with E-state index in [1.165, 1.54) is 6.07 Å². The molecular weight excluding hydrogens is 378 g/mol. The molecule has 0 radical (unpaired) electrons. The van der Waals surface area contributed by atoms with Gasteiger partial charge in [0.1, 0.15) is 29.6 Å². The Labute approximate surface area is 165 Å². The zero-order valence-electron chi connectivity index (χ0n) is 15.6. The summed E-state index contributed by atoms with van der Waals surface area (Å²) in [6.07, 6.45) is 0. The number of fused-ring (bicyclic) bond motifs is 1. The SMILES string of the molecule is Cc1nc2ccc(-c3cc(N)nc(N)c3)nc2n1CCOc1c(F)cccc1F. The molecule has 0 aliphatic heterocycles. The number of ether oxygens (including phenoxy) is 1. The number of pyridine rings is 2. The van der Waals surface area contributed by atoms with Crippen molar-refractivity contribution in [2.75, 3.05) is 18.1 Å². The van der Waals surface area contributed by atoms with Crippen LogP contribution in [0.5, 0.6) is 5.75 Å². The van der Waals surface area contributed by atoms with E-state index in [1.807, 2.05) is 23.6 Å². The average Bonchev–Trinajstić information content (AvgIpc) is 2.98. The summed E-state index contributed by atoms with van der Waals surface area (Å²) in [6, 6.07) is 10.6. The summed E-state index contributed by atoms with van der Waals surface area (Å²) in [4.78, 5) is 13.1. The Morgan fingerprint density at radius 1 is 0.966 bits per heavy atom. The third kappa shape index (κ3) is 3.66. The molecule has 148 valence electrons. The number of nitrogen functional groups attached to an aromatic ring is 2. The van der Waals surface area contributed by atoms with Gasteiger partial charge >= 0.3 is 0 Å². The van der Waals surface area contributed by atoms with Gasteiger partial charge in [0.25, 0.3) is 0 Å². The number of para-hydroxylation sites is 1. The fraction of sp³-hybridized carbons (Fsp3) is 0.150. The second-order valence-corrected chi connectivity index (χ2v) is 6.45. The van der Waals surface area contributed by atoms with Gasteiger partial charge in [-0.25, -0.2) is 23.7 Å². The lowest BCUT2D eigenvalue weighted by Gasteiger charge is -2.10. The molecule has 4 rings (SSSR count). The van der Waals surface area contributed by atoms with E-state index in [-0.39, 0.29) is 6.61 Å². The highest BCUT2D eigenvalue weighted by molar-refractivity contribution is 5.77. The summed E-state index contributed by atoms with van der Waals surface area (Å²) in [7, 11) is 0. The van der Waals surface area contributed by atoms with Crippen LogP contribution in [0.25, 0.3) is 22.4 Å². The first-order chi connectivity index (χ1) is 13.9. The highest BCUT2D eigenvalue weighted by Gasteiger charge is 2.13. The van der Waals surface area contributed by atoms with Crippen LogP contribution in [0, 0.1) is 18.6 Å². The van der Waals surface area contributed by atoms with Crippen LogP contribution in [0.1, 0.15) is 5.82 Å². The monoisotopic (exact) mass is 396 g/mol. The predicted octanol–water partition coefficient (Wildman–Crippen LogP) is 3.32. The highest BCUT2D eigenvalue weighted by atomic mass is 19.1. The van der Waals surface area contributed by atoms with Gasteiger partial charge in [0, 0.05) is 5.56 Å². The lowest BCUT2D eigenvalue weighted by molar-refractivity contribution is 0.270. The fourth-order valence-electron chi connectivity index (χ4n) is 3.12. The molecule has 29 heavy (non-hydrogen) atoms. The maximum absolute atomic E-state index is 13.7. The molecule has 0 saturated carbocycles. The number of anilines is 2. The number of benzene rings is 1. The molecule has 4 N–H and O–H groups in total. The maximum atomic E-state index is 13.7. The molecule has 0 amide bonds. The lowest BCUT2D eigenvalue weighted by Crippen LogP contribution is -2.11. The minimum atomic E-state index is -0.745. The summed E-state index contributed by atoms with van der Waals surface area (Å²) in [5, 5.41) is 0. The number of rotatable bonds is 5. The Morgan fingerprint density at radius 2 is 1.66 bits per heavy atom. The van der Waals surface area contributed by atoms with Gasteiger partial charge in [0.15, 0.2) is 23.0 Å². The summed E-state index contributed by atoms with van der Waals surface area (Å²) in [5.74, 6) is -0.586. The van der Waals surface area contributed by atoms with Gasteiger partial charge in [0.2, 0.25) is 0 Å². The first kappa shape index (κ1) is 18.6. The number of hydrogen-bond donors (Lipinski definition) is 2. The molecule has 0 aliphatic rings. The minimum absolute atomic E-state index is 0.0468. The number of nitrogens with two attached hydrogens (primary N) is 2. The Balaban J connectivity index is 1.63. The van der Waals surface area contributed by atoms with Gasteiger partial charge in [-0.15, -0.1) is 0 Å². The molecule has 0 atom stereocenters. The van der Waals surface area contributed by atoms with Gasteiger partial charge in [-0.1, -0.05) is 6.07 Å². The van der Waals surface area contributed by atoms with Crippen molar-refractivity contribution in [2.24, 2.45) is 0 Å². The molecule has 3 aromatic heterocycles. The summed E-state index contributed by atoms with van der Waals surface area (Å²) < 4.78 is 34.6. The van der Waals surface area contributed by atoms with E-state index < -0.39 is 17.4 Å². The largest absolute Gasteiger partial charge is 0.486 e. The fourth-order valence-corrected chi connectivity index (χ4v) is 3.12. The van der Waals surface area contributed by atoms with E-state index in [2.05, 4.69) is 15.0 Å². The molecule has 0 unspecified atom stereocenters. The molecular formula is C20H18F2N6O. The Kier molecular flexibility index (Phi) is 4.71. The molecule has 0 aliphatic carbocycles. The average molecular weight is 396 g/mol. The van der Waals surface area contributed by atoms with Crippen molar-refractivity contribution in [3.8, 4) is 17.0 Å². The van der Waals surface area contributed by atoms with Crippen LogP contribution < -0.4 is 16.2 Å². The topological polar surface area (TPSA) is 105 Å². The normalized spacial score (nSPS) is 11.1. The lowest BCUT2D eigenvalue weighted by atomic mass is 10.1. The van der Waals surface area contributed by atoms with E-state index in [0.717, 1.165) is 17.7 Å². The van der Waals surface area contributed by atoms with Crippen molar-refractivity contribution >= 4 is 22.8 Å². The van der Waals surface area contributed by atoms with Crippen LogP contribution in [0.4, 0.5) is 20.4 Å². The van der Waals surface area contributed by atoms with Gasteiger partial charge in [0.05, 0.1) is 12.2 Å². The number of nitrogens with zero attached hydrogens (tertiary/aromatic N) is 4. The van der Waals surface area contributed by atoms with Crippen molar-refractivity contribution in [2.45, 2.75) is 13.5 Å². The van der Waals surface area contributed by atoms with Crippen LogP contribution >= 0.6 is 0 Å². The van der Waals surface area contributed by atoms with Gasteiger partial charge < -0.3 is 20.8 Å². The van der Waals surface area contributed by atoms with Crippen molar-refractivity contribution < 1.29 is 13.5 Å². The van der Waals surface area contributed by atoms with Crippen LogP contribution in [0.2, 0.25) is 0 Å². The van der Waals surface area contributed by atoms with Crippen LogP contribution in [-0.4, -0.2) is 26.1 Å². The van der Waals surface area contributed by atoms with Gasteiger partial charge in [-0.3, -0.25) is 0 Å². The Hall–Kier alpha value is -3.75. The third-order valence-electron chi connectivity index (χ3n) is 4.42. The third-order valence-corrected chi connectivity index (χ3v) is 4.42. The van der Waals surface area contributed by atoms with Crippen molar-refractivity contribution in [1.82, 2.24) is 19.5 Å². The van der Waals surface area contributed by atoms with Gasteiger partial charge in [-0.05, 0) is 43.3 Å². The van der Waals surface area contributed by atoms with Crippen LogP contribution in [0.15, 0.2) is 42.5 Å². The van der Waals surface area contributed by atoms with Crippen LogP contribution in [-0.2, 0) is 6.54 Å². The number of imidazole rings is 1. The standard InChI is InChI=1S/C20H18F2N6O/c1-11-25-16-6-5-15(12-9-17(23)27-18(24)10-12)26-20(16)28(11)7-8-29-19-13(21)3-2-4-14(19)22/h2-6,9-10H,7-8H2,1H3,(H4,23,24,27). The van der Waals surface area contributed by atoms with E-state index in [0.29, 0.717) is 40.9 Å².